The van der Waals surface area contributed by atoms with Gasteiger partial charge in [-0.3, -0.25) is 9.59 Å². The summed E-state index contributed by atoms with van der Waals surface area (Å²) in [4.78, 5) is 31.5. The topological polar surface area (TPSA) is 62.8 Å². The van der Waals surface area contributed by atoms with E-state index in [0.717, 1.165) is 5.56 Å². The Morgan fingerprint density at radius 2 is 2.00 bits per heavy atom. The monoisotopic (exact) mass is 362 g/mol. The van der Waals surface area contributed by atoms with Crippen LogP contribution in [-0.2, 0) is 0 Å². The van der Waals surface area contributed by atoms with Crippen molar-refractivity contribution >= 4 is 40.5 Å². The average molecular weight is 363 g/mol. The lowest BCUT2D eigenvalue weighted by Crippen LogP contribution is -2.09. The summed E-state index contributed by atoms with van der Waals surface area (Å²) in [5, 5.41) is 0.423. The third-order valence-electron chi connectivity index (χ3n) is 2.98. The SMILES string of the molecule is O=C(CSc1nc(-c2ccccc2)cc(=O)[nH]1)c1ccc(Cl)s1. The summed E-state index contributed by atoms with van der Waals surface area (Å²) in [7, 11) is 0. The van der Waals surface area contributed by atoms with Crippen molar-refractivity contribution in [1.82, 2.24) is 9.97 Å². The van der Waals surface area contributed by atoms with Gasteiger partial charge in [-0.2, -0.15) is 0 Å². The molecule has 0 fully saturated rings. The Bertz CT molecular complexity index is 890. The molecule has 0 saturated carbocycles. The molecule has 1 N–H and O–H groups in total. The van der Waals surface area contributed by atoms with E-state index in [-0.39, 0.29) is 17.1 Å². The summed E-state index contributed by atoms with van der Waals surface area (Å²) >= 11 is 8.28. The number of benzene rings is 1. The summed E-state index contributed by atoms with van der Waals surface area (Å²) in [6.07, 6.45) is 0. The number of hydrogen-bond acceptors (Lipinski definition) is 5. The van der Waals surface area contributed by atoms with Gasteiger partial charge in [-0.25, -0.2) is 4.98 Å². The number of hydrogen-bond donors (Lipinski definition) is 1. The van der Waals surface area contributed by atoms with Crippen LogP contribution in [-0.4, -0.2) is 21.5 Å². The zero-order valence-corrected chi connectivity index (χ0v) is 14.2. The number of thioether (sulfide) groups is 1. The Morgan fingerprint density at radius 1 is 1.22 bits per heavy atom. The lowest BCUT2D eigenvalue weighted by Gasteiger charge is -2.03. The van der Waals surface area contributed by atoms with E-state index >= 15 is 0 Å². The standard InChI is InChI=1S/C16H11ClN2O2S2/c17-14-7-6-13(23-14)12(20)9-22-16-18-11(8-15(21)19-16)10-4-2-1-3-5-10/h1-8H,9H2,(H,18,19,21). The van der Waals surface area contributed by atoms with Crippen LogP contribution in [0.5, 0.6) is 0 Å². The number of halogens is 1. The van der Waals surface area contributed by atoms with Crippen molar-refractivity contribution in [2.45, 2.75) is 5.16 Å². The Balaban J connectivity index is 1.77. The number of rotatable bonds is 5. The third kappa shape index (κ3) is 4.10. The molecule has 0 unspecified atom stereocenters. The molecular formula is C16H11ClN2O2S2. The van der Waals surface area contributed by atoms with E-state index in [1.165, 1.54) is 29.2 Å². The van der Waals surface area contributed by atoms with Gasteiger partial charge < -0.3 is 4.98 Å². The van der Waals surface area contributed by atoms with Gasteiger partial charge in [0.2, 0.25) is 0 Å². The van der Waals surface area contributed by atoms with Crippen LogP contribution in [0.25, 0.3) is 11.3 Å². The Kier molecular flexibility index (Phi) is 4.95. The maximum Gasteiger partial charge on any atom is 0.252 e. The average Bonchev–Trinajstić information content (AvgIpc) is 2.99. The fourth-order valence-corrected chi connectivity index (χ4v) is 3.76. The van der Waals surface area contributed by atoms with Gasteiger partial charge in [0.25, 0.3) is 5.56 Å². The van der Waals surface area contributed by atoms with Crippen molar-refractivity contribution < 1.29 is 4.79 Å². The molecule has 116 valence electrons. The molecule has 0 aliphatic carbocycles. The van der Waals surface area contributed by atoms with Crippen molar-refractivity contribution in [1.29, 1.82) is 0 Å². The second kappa shape index (κ2) is 7.12. The van der Waals surface area contributed by atoms with Crippen LogP contribution in [0.4, 0.5) is 0 Å². The molecule has 2 heterocycles. The molecule has 23 heavy (non-hydrogen) atoms. The van der Waals surface area contributed by atoms with Gasteiger partial charge in [-0.15, -0.1) is 11.3 Å². The maximum atomic E-state index is 12.1. The molecule has 2 aromatic heterocycles. The van der Waals surface area contributed by atoms with Crippen LogP contribution in [0.3, 0.4) is 0 Å². The molecule has 0 saturated heterocycles. The first-order chi connectivity index (χ1) is 11.1. The van der Waals surface area contributed by atoms with Gasteiger partial charge in [0.15, 0.2) is 10.9 Å². The first-order valence-corrected chi connectivity index (χ1v) is 8.88. The number of carbonyl (C=O) groups is 1. The van der Waals surface area contributed by atoms with Gasteiger partial charge in [0.05, 0.1) is 20.7 Å². The van der Waals surface area contributed by atoms with Crippen molar-refractivity contribution in [2.75, 3.05) is 5.75 Å². The minimum absolute atomic E-state index is 0.0420. The third-order valence-corrected chi connectivity index (χ3v) is 5.12. The van der Waals surface area contributed by atoms with Crippen LogP contribution in [0, 0.1) is 0 Å². The molecule has 7 heteroatoms. The lowest BCUT2D eigenvalue weighted by molar-refractivity contribution is 0.102. The number of nitrogens with zero attached hydrogens (tertiary/aromatic N) is 1. The highest BCUT2D eigenvalue weighted by atomic mass is 35.5. The number of Topliss-reactive ketones (excluding diaryl/α,β-unsaturated/α-hetero) is 1. The van der Waals surface area contributed by atoms with Crippen LogP contribution < -0.4 is 5.56 Å². The summed E-state index contributed by atoms with van der Waals surface area (Å²) in [5.41, 5.74) is 1.20. The largest absolute Gasteiger partial charge is 0.301 e. The number of nitrogens with one attached hydrogen (secondary N) is 1. The first-order valence-electron chi connectivity index (χ1n) is 6.70. The summed E-state index contributed by atoms with van der Waals surface area (Å²) < 4.78 is 0.580. The fourth-order valence-electron chi connectivity index (χ4n) is 1.93. The number of thiophene rings is 1. The molecule has 0 amide bonds. The number of ketones is 1. The number of carbonyl (C=O) groups excluding carboxylic acids is 1. The minimum Gasteiger partial charge on any atom is -0.301 e. The predicted octanol–water partition coefficient (Wildman–Crippen LogP) is 4.13. The number of H-pyrrole nitrogens is 1. The zero-order chi connectivity index (χ0) is 16.2. The molecule has 1 aromatic carbocycles. The molecule has 4 nitrogen and oxygen atoms in total. The highest BCUT2D eigenvalue weighted by Crippen LogP contribution is 2.24. The summed E-state index contributed by atoms with van der Waals surface area (Å²) in [5.74, 6) is 0.151. The first kappa shape index (κ1) is 16.0. The Labute approximate surface area is 145 Å². The fraction of sp³-hybridized carbons (Fsp3) is 0.0625. The van der Waals surface area contributed by atoms with E-state index in [9.17, 15) is 9.59 Å². The number of aromatic nitrogens is 2. The molecule has 0 spiro atoms. The molecule has 3 aromatic rings. The van der Waals surface area contributed by atoms with E-state index in [4.69, 9.17) is 11.6 Å². The molecule has 0 aliphatic heterocycles. The van der Waals surface area contributed by atoms with E-state index < -0.39 is 0 Å². The van der Waals surface area contributed by atoms with Crippen molar-refractivity contribution in [3.05, 3.63) is 68.1 Å². The van der Waals surface area contributed by atoms with Crippen molar-refractivity contribution in [3.8, 4) is 11.3 Å². The van der Waals surface area contributed by atoms with Crippen LogP contribution in [0.2, 0.25) is 4.34 Å². The molecular weight excluding hydrogens is 352 g/mol. The summed E-state index contributed by atoms with van der Waals surface area (Å²) in [6.45, 7) is 0. The van der Waals surface area contributed by atoms with E-state index in [1.807, 2.05) is 30.3 Å². The molecule has 0 radical (unpaired) electrons. The number of aromatic amines is 1. The van der Waals surface area contributed by atoms with Crippen molar-refractivity contribution in [3.63, 3.8) is 0 Å². The van der Waals surface area contributed by atoms with E-state index in [2.05, 4.69) is 9.97 Å². The molecule has 0 aliphatic rings. The second-order valence-electron chi connectivity index (χ2n) is 4.62. The van der Waals surface area contributed by atoms with E-state index in [0.29, 0.717) is 20.1 Å². The molecule has 3 rings (SSSR count). The predicted molar refractivity (Wildman–Crippen MR) is 94.7 cm³/mol. The molecule has 0 atom stereocenters. The maximum absolute atomic E-state index is 12.1. The van der Waals surface area contributed by atoms with Gasteiger partial charge >= 0.3 is 0 Å². The minimum atomic E-state index is -0.243. The Morgan fingerprint density at radius 3 is 2.70 bits per heavy atom. The summed E-state index contributed by atoms with van der Waals surface area (Å²) in [6, 6.07) is 14.3. The highest BCUT2D eigenvalue weighted by molar-refractivity contribution is 7.99. The van der Waals surface area contributed by atoms with E-state index in [1.54, 1.807) is 12.1 Å². The van der Waals surface area contributed by atoms with Crippen molar-refractivity contribution in [2.24, 2.45) is 0 Å². The normalized spacial score (nSPS) is 10.7. The van der Waals surface area contributed by atoms with Gasteiger partial charge in [0.1, 0.15) is 0 Å². The van der Waals surface area contributed by atoms with Crippen LogP contribution in [0.1, 0.15) is 9.67 Å². The zero-order valence-electron chi connectivity index (χ0n) is 11.8. The Hall–Kier alpha value is -1.89. The second-order valence-corrected chi connectivity index (χ2v) is 7.30. The lowest BCUT2D eigenvalue weighted by atomic mass is 10.1. The quantitative estimate of drug-likeness (QED) is 0.421. The van der Waals surface area contributed by atoms with Gasteiger partial charge in [-0.05, 0) is 12.1 Å². The highest BCUT2D eigenvalue weighted by Gasteiger charge is 2.11. The van der Waals surface area contributed by atoms with Crippen LogP contribution in [0.15, 0.2) is 58.5 Å². The van der Waals surface area contributed by atoms with Gasteiger partial charge in [-0.1, -0.05) is 53.7 Å². The van der Waals surface area contributed by atoms with Gasteiger partial charge in [0, 0.05) is 11.6 Å². The van der Waals surface area contributed by atoms with Crippen LogP contribution >= 0.6 is 34.7 Å². The smallest absolute Gasteiger partial charge is 0.252 e. The molecule has 0 bridgehead atoms.